The molecule has 0 bridgehead atoms. The number of amides is 1. The molecule has 3 rings (SSSR count). The van der Waals surface area contributed by atoms with Crippen LogP contribution in [-0.2, 0) is 15.3 Å². The van der Waals surface area contributed by atoms with Crippen LogP contribution in [0.4, 0.5) is 5.13 Å². The molecule has 2 N–H and O–H groups in total. The highest BCUT2D eigenvalue weighted by atomic mass is 32.2. The number of carbonyl (C=O) groups is 1. The van der Waals surface area contributed by atoms with Gasteiger partial charge in [-0.15, -0.1) is 10.2 Å². The van der Waals surface area contributed by atoms with Gasteiger partial charge in [-0.2, -0.15) is 0 Å². The molecule has 8 heteroatoms. The van der Waals surface area contributed by atoms with E-state index in [0.29, 0.717) is 18.3 Å². The number of benzene rings is 1. The molecule has 1 saturated heterocycles. The summed E-state index contributed by atoms with van der Waals surface area (Å²) in [7, 11) is 0. The predicted octanol–water partition coefficient (Wildman–Crippen LogP) is 2.15. The van der Waals surface area contributed by atoms with Crippen LogP contribution in [0.2, 0.25) is 0 Å². The van der Waals surface area contributed by atoms with Gasteiger partial charge in [-0.3, -0.25) is 10.1 Å². The molecule has 1 amide bonds. The molecule has 0 radical (unpaired) electrons. The minimum Gasteiger partial charge on any atom is -0.375 e. The number of nitrogens with zero attached hydrogens (tertiary/aromatic N) is 2. The quantitative estimate of drug-likeness (QED) is 0.636. The van der Waals surface area contributed by atoms with Crippen LogP contribution >= 0.6 is 23.1 Å². The summed E-state index contributed by atoms with van der Waals surface area (Å²) in [4.78, 5) is 12.2. The minimum absolute atomic E-state index is 0.132. The smallest absolute Gasteiger partial charge is 0.246 e. The summed E-state index contributed by atoms with van der Waals surface area (Å²) in [6.07, 6.45) is -0.149. The van der Waals surface area contributed by atoms with Gasteiger partial charge in [-0.1, -0.05) is 53.4 Å². The topological polar surface area (TPSA) is 76.1 Å². The highest BCUT2D eigenvalue weighted by Crippen LogP contribution is 2.28. The number of morpholine rings is 1. The average Bonchev–Trinajstić information content (AvgIpc) is 3.02. The van der Waals surface area contributed by atoms with Gasteiger partial charge >= 0.3 is 0 Å². The van der Waals surface area contributed by atoms with Crippen LogP contribution in [0.3, 0.4) is 0 Å². The van der Waals surface area contributed by atoms with Crippen molar-refractivity contribution in [1.29, 1.82) is 0 Å². The third kappa shape index (κ3) is 4.51. The zero-order valence-electron chi connectivity index (χ0n) is 12.7. The van der Waals surface area contributed by atoms with Gasteiger partial charge in [0.1, 0.15) is 6.04 Å². The first-order chi connectivity index (χ1) is 11.2. The molecule has 2 atom stereocenters. The van der Waals surface area contributed by atoms with Gasteiger partial charge in [0.15, 0.2) is 4.34 Å². The number of nitrogens with one attached hydrogen (secondary N) is 2. The molecule has 1 aromatic heterocycles. The van der Waals surface area contributed by atoms with E-state index in [2.05, 4.69) is 33.0 Å². The summed E-state index contributed by atoms with van der Waals surface area (Å²) in [6, 6.07) is 9.83. The van der Waals surface area contributed by atoms with Crippen LogP contribution in [0.25, 0.3) is 0 Å². The maximum absolute atomic E-state index is 12.2. The first-order valence-electron chi connectivity index (χ1n) is 7.38. The number of hydrogen-bond donors (Lipinski definition) is 2. The van der Waals surface area contributed by atoms with Crippen molar-refractivity contribution in [3.63, 3.8) is 0 Å². The van der Waals surface area contributed by atoms with Crippen LogP contribution in [0, 0.1) is 0 Å². The summed E-state index contributed by atoms with van der Waals surface area (Å²) in [5.41, 5.74) is 1.23. The van der Waals surface area contributed by atoms with Crippen molar-refractivity contribution in [2.75, 3.05) is 18.5 Å². The molecule has 0 unspecified atom stereocenters. The fourth-order valence-electron chi connectivity index (χ4n) is 2.25. The van der Waals surface area contributed by atoms with Crippen LogP contribution in [0.15, 0.2) is 34.7 Å². The second-order valence-electron chi connectivity index (χ2n) is 5.14. The molecule has 1 aromatic carbocycles. The SMILES string of the molecule is C[C@H]1OCCN[C@@H]1C(=O)Nc1nnc(SCc2ccccc2)s1. The van der Waals surface area contributed by atoms with Crippen LogP contribution in [0.5, 0.6) is 0 Å². The Hall–Kier alpha value is -1.48. The summed E-state index contributed by atoms with van der Waals surface area (Å²) in [6.45, 7) is 3.19. The Labute approximate surface area is 143 Å². The molecule has 6 nitrogen and oxygen atoms in total. The molecule has 1 fully saturated rings. The Bertz CT molecular complexity index is 650. The molecule has 2 heterocycles. The third-order valence-electron chi connectivity index (χ3n) is 3.44. The van der Waals surface area contributed by atoms with E-state index in [1.807, 2.05) is 25.1 Å². The number of hydrogen-bond acceptors (Lipinski definition) is 7. The van der Waals surface area contributed by atoms with E-state index in [1.54, 1.807) is 11.8 Å². The molecular weight excluding hydrogens is 332 g/mol. The first-order valence-corrected chi connectivity index (χ1v) is 9.18. The van der Waals surface area contributed by atoms with Crippen molar-refractivity contribution >= 4 is 34.1 Å². The van der Waals surface area contributed by atoms with Crippen molar-refractivity contribution < 1.29 is 9.53 Å². The number of ether oxygens (including phenoxy) is 1. The lowest BCUT2D eigenvalue weighted by Gasteiger charge is -2.28. The molecule has 1 aliphatic rings. The number of rotatable bonds is 5. The number of anilines is 1. The normalized spacial score (nSPS) is 21.1. The van der Waals surface area contributed by atoms with E-state index < -0.39 is 0 Å². The maximum atomic E-state index is 12.2. The third-order valence-corrected chi connectivity index (χ3v) is 5.48. The standard InChI is InChI=1S/C15H18N4O2S2/c1-10-12(16-7-8-21-10)13(20)17-14-18-19-15(23-14)22-9-11-5-3-2-4-6-11/h2-6,10,12,16H,7-9H2,1H3,(H,17,18,20)/t10-,12+/m1/s1. The number of carbonyl (C=O) groups excluding carboxylic acids is 1. The lowest BCUT2D eigenvalue weighted by Crippen LogP contribution is -2.53. The Balaban J connectivity index is 1.53. The van der Waals surface area contributed by atoms with Gasteiger partial charge in [0.2, 0.25) is 11.0 Å². The number of thioether (sulfide) groups is 1. The monoisotopic (exact) mass is 350 g/mol. The highest BCUT2D eigenvalue weighted by Gasteiger charge is 2.28. The van der Waals surface area contributed by atoms with E-state index >= 15 is 0 Å². The summed E-state index contributed by atoms with van der Waals surface area (Å²) in [5, 5.41) is 14.6. The highest BCUT2D eigenvalue weighted by molar-refractivity contribution is 8.00. The van der Waals surface area contributed by atoms with E-state index in [0.717, 1.165) is 10.1 Å². The van der Waals surface area contributed by atoms with Gasteiger partial charge in [-0.05, 0) is 12.5 Å². The Morgan fingerprint density at radius 1 is 1.43 bits per heavy atom. The number of aromatic nitrogens is 2. The van der Waals surface area contributed by atoms with Gasteiger partial charge in [0.05, 0.1) is 12.7 Å². The van der Waals surface area contributed by atoms with Crippen molar-refractivity contribution in [3.8, 4) is 0 Å². The minimum atomic E-state index is -0.354. The van der Waals surface area contributed by atoms with Crippen LogP contribution in [-0.4, -0.2) is 41.4 Å². The van der Waals surface area contributed by atoms with Crippen molar-refractivity contribution in [1.82, 2.24) is 15.5 Å². The van der Waals surface area contributed by atoms with E-state index in [4.69, 9.17) is 4.74 Å². The van der Waals surface area contributed by atoms with E-state index in [9.17, 15) is 4.79 Å². The van der Waals surface area contributed by atoms with Gasteiger partial charge in [-0.25, -0.2) is 0 Å². The predicted molar refractivity (Wildman–Crippen MR) is 91.7 cm³/mol. The van der Waals surface area contributed by atoms with Gasteiger partial charge in [0.25, 0.3) is 0 Å². The maximum Gasteiger partial charge on any atom is 0.246 e. The summed E-state index contributed by atoms with van der Waals surface area (Å²) in [5.74, 6) is 0.700. The molecule has 122 valence electrons. The fraction of sp³-hybridized carbons (Fsp3) is 0.400. The lowest BCUT2D eigenvalue weighted by molar-refractivity contribution is -0.123. The second kappa shape index (κ2) is 7.87. The average molecular weight is 350 g/mol. The molecule has 1 aliphatic heterocycles. The lowest BCUT2D eigenvalue weighted by atomic mass is 10.1. The van der Waals surface area contributed by atoms with Gasteiger partial charge in [0, 0.05) is 12.3 Å². The van der Waals surface area contributed by atoms with Crippen molar-refractivity contribution in [3.05, 3.63) is 35.9 Å². The van der Waals surface area contributed by atoms with Crippen LogP contribution in [0.1, 0.15) is 12.5 Å². The van der Waals surface area contributed by atoms with Crippen LogP contribution < -0.4 is 10.6 Å². The Morgan fingerprint density at radius 3 is 3.04 bits per heavy atom. The summed E-state index contributed by atoms with van der Waals surface area (Å²) < 4.78 is 6.32. The van der Waals surface area contributed by atoms with E-state index in [1.165, 1.54) is 16.9 Å². The molecule has 0 saturated carbocycles. The fourth-order valence-corrected chi connectivity index (χ4v) is 3.96. The molecule has 2 aromatic rings. The Morgan fingerprint density at radius 2 is 2.26 bits per heavy atom. The Kier molecular flexibility index (Phi) is 5.60. The first kappa shape index (κ1) is 16.4. The van der Waals surface area contributed by atoms with Crippen molar-refractivity contribution in [2.45, 2.75) is 29.2 Å². The summed E-state index contributed by atoms with van der Waals surface area (Å²) >= 11 is 3.00. The zero-order valence-corrected chi connectivity index (χ0v) is 14.3. The molecule has 23 heavy (non-hydrogen) atoms. The molecule has 0 spiro atoms. The van der Waals surface area contributed by atoms with Gasteiger partial charge < -0.3 is 10.1 Å². The zero-order chi connectivity index (χ0) is 16.1. The largest absolute Gasteiger partial charge is 0.375 e. The second-order valence-corrected chi connectivity index (χ2v) is 7.34. The van der Waals surface area contributed by atoms with Crippen molar-refractivity contribution in [2.24, 2.45) is 0 Å². The molecule has 0 aliphatic carbocycles. The van der Waals surface area contributed by atoms with E-state index in [-0.39, 0.29) is 18.1 Å². The molecular formula is C15H18N4O2S2.